The minimum absolute atomic E-state index is 0.00833. The Bertz CT molecular complexity index is 1240. The number of rotatable bonds is 9. The van der Waals surface area contributed by atoms with Crippen molar-refractivity contribution < 1.29 is 13.6 Å². The molecule has 0 bridgehead atoms. The average Bonchev–Trinajstić information content (AvgIpc) is 3.32. The highest BCUT2D eigenvalue weighted by atomic mass is 35.5. The Morgan fingerprint density at radius 1 is 1.08 bits per heavy atom. The molecule has 0 aliphatic carbocycles. The number of hydrogen-bond donors (Lipinski definition) is 1. The standard InChI is InChI=1S/C30H37ClFN5O2/c1-22-27(34-30(39-22)23-9-11-25(31)12-10-23)21-36-14-4-6-24(20-36)29(38)33-13-5-15-35-16-18-37(19-17-35)28-8-3-2-7-26(28)32/h2-3,7-12,24H,4-6,13-21H2,1H3,(H,33,38)/t24-/m1/s1. The highest BCUT2D eigenvalue weighted by molar-refractivity contribution is 6.30. The van der Waals surface area contributed by atoms with Gasteiger partial charge in [0.2, 0.25) is 11.8 Å². The third-order valence-electron chi connectivity index (χ3n) is 7.75. The summed E-state index contributed by atoms with van der Waals surface area (Å²) in [5.41, 5.74) is 2.50. The summed E-state index contributed by atoms with van der Waals surface area (Å²) in [6, 6.07) is 14.4. The summed E-state index contributed by atoms with van der Waals surface area (Å²) in [4.78, 5) is 24.5. The van der Waals surface area contributed by atoms with Gasteiger partial charge in [-0.05, 0) is 75.7 Å². The summed E-state index contributed by atoms with van der Waals surface area (Å²) >= 11 is 6.00. The van der Waals surface area contributed by atoms with Crippen molar-refractivity contribution in [2.75, 3.05) is 57.3 Å². The van der Waals surface area contributed by atoms with Gasteiger partial charge in [-0.1, -0.05) is 23.7 Å². The fourth-order valence-corrected chi connectivity index (χ4v) is 5.62. The summed E-state index contributed by atoms with van der Waals surface area (Å²) in [6.07, 6.45) is 2.81. The van der Waals surface area contributed by atoms with E-state index in [1.807, 2.05) is 43.3 Å². The Morgan fingerprint density at radius 3 is 2.62 bits per heavy atom. The smallest absolute Gasteiger partial charge is 0.226 e. The van der Waals surface area contributed by atoms with Gasteiger partial charge in [0.25, 0.3) is 0 Å². The highest BCUT2D eigenvalue weighted by Crippen LogP contribution is 2.26. The van der Waals surface area contributed by atoms with E-state index >= 15 is 0 Å². The molecule has 2 saturated heterocycles. The Hall–Kier alpha value is -2.94. The van der Waals surface area contributed by atoms with Gasteiger partial charge in [-0.15, -0.1) is 0 Å². The molecule has 5 rings (SSSR count). The zero-order valence-electron chi connectivity index (χ0n) is 22.5. The van der Waals surface area contributed by atoms with Crippen LogP contribution >= 0.6 is 11.6 Å². The first-order chi connectivity index (χ1) is 19.0. The SMILES string of the molecule is Cc1oc(-c2ccc(Cl)cc2)nc1CN1CCC[C@@H](C(=O)NCCCN2CCN(c3ccccc3F)CC2)C1. The number of oxazole rings is 1. The summed E-state index contributed by atoms with van der Waals surface area (Å²) in [7, 11) is 0. The first-order valence-electron chi connectivity index (χ1n) is 13.9. The molecule has 9 heteroatoms. The molecular formula is C30H37ClFN5O2. The second-order valence-corrected chi connectivity index (χ2v) is 11.0. The Balaban J connectivity index is 1.03. The minimum atomic E-state index is -0.159. The fraction of sp³-hybridized carbons (Fsp3) is 0.467. The van der Waals surface area contributed by atoms with Crippen LogP contribution in [0.25, 0.3) is 11.5 Å². The van der Waals surface area contributed by atoms with E-state index in [-0.39, 0.29) is 17.6 Å². The molecule has 7 nitrogen and oxygen atoms in total. The number of aromatic nitrogens is 1. The van der Waals surface area contributed by atoms with Crippen LogP contribution in [0.15, 0.2) is 52.9 Å². The first kappa shape index (κ1) is 27.6. The predicted octanol–water partition coefficient (Wildman–Crippen LogP) is 4.98. The molecule has 0 spiro atoms. The van der Waals surface area contributed by atoms with Gasteiger partial charge >= 0.3 is 0 Å². The number of nitrogens with one attached hydrogen (secondary N) is 1. The average molecular weight is 554 g/mol. The van der Waals surface area contributed by atoms with Gasteiger partial charge in [0.05, 0.1) is 17.3 Å². The molecule has 39 heavy (non-hydrogen) atoms. The number of carbonyl (C=O) groups excluding carboxylic acids is 1. The molecule has 208 valence electrons. The lowest BCUT2D eigenvalue weighted by Crippen LogP contribution is -2.47. The van der Waals surface area contributed by atoms with Crippen LogP contribution in [0, 0.1) is 18.7 Å². The van der Waals surface area contributed by atoms with Crippen molar-refractivity contribution in [3.05, 3.63) is 70.8 Å². The first-order valence-corrected chi connectivity index (χ1v) is 14.3. The van der Waals surface area contributed by atoms with Crippen molar-refractivity contribution in [1.82, 2.24) is 20.1 Å². The lowest BCUT2D eigenvalue weighted by atomic mass is 9.97. The normalized spacial score (nSPS) is 18.8. The van der Waals surface area contributed by atoms with Gasteiger partial charge < -0.3 is 14.6 Å². The highest BCUT2D eigenvalue weighted by Gasteiger charge is 2.27. The number of likely N-dealkylation sites (tertiary alicyclic amines) is 1. The summed E-state index contributed by atoms with van der Waals surface area (Å²) < 4.78 is 20.0. The zero-order chi connectivity index (χ0) is 27.2. The molecule has 2 fully saturated rings. The summed E-state index contributed by atoms with van der Waals surface area (Å²) in [5, 5.41) is 3.84. The topological polar surface area (TPSA) is 64.9 Å². The van der Waals surface area contributed by atoms with Crippen LogP contribution in [-0.4, -0.2) is 73.0 Å². The van der Waals surface area contributed by atoms with Crippen LogP contribution in [0.1, 0.15) is 30.7 Å². The van der Waals surface area contributed by atoms with Crippen molar-refractivity contribution in [2.24, 2.45) is 5.92 Å². The van der Waals surface area contributed by atoms with Crippen molar-refractivity contribution in [1.29, 1.82) is 0 Å². The van der Waals surface area contributed by atoms with Gasteiger partial charge in [0.15, 0.2) is 0 Å². The van der Waals surface area contributed by atoms with Gasteiger partial charge in [-0.3, -0.25) is 14.6 Å². The number of amides is 1. The molecule has 1 amide bonds. The largest absolute Gasteiger partial charge is 0.441 e. The number of benzene rings is 2. The molecule has 2 aliphatic heterocycles. The number of piperidine rings is 1. The van der Waals surface area contributed by atoms with E-state index in [2.05, 4.69) is 20.0 Å². The van der Waals surface area contributed by atoms with Crippen LogP contribution in [0.4, 0.5) is 10.1 Å². The molecule has 3 heterocycles. The van der Waals surface area contributed by atoms with E-state index < -0.39 is 0 Å². The zero-order valence-corrected chi connectivity index (χ0v) is 23.3. The Labute approximate surface area is 234 Å². The van der Waals surface area contributed by atoms with E-state index in [0.717, 1.165) is 82.1 Å². The van der Waals surface area contributed by atoms with Gasteiger partial charge in [0.1, 0.15) is 11.6 Å². The monoisotopic (exact) mass is 553 g/mol. The maximum atomic E-state index is 14.1. The van der Waals surface area contributed by atoms with Crippen molar-refractivity contribution >= 4 is 23.2 Å². The molecule has 2 aliphatic rings. The lowest BCUT2D eigenvalue weighted by molar-refractivity contribution is -0.126. The number of carbonyl (C=O) groups is 1. The number of para-hydroxylation sites is 1. The molecule has 0 unspecified atom stereocenters. The fourth-order valence-electron chi connectivity index (χ4n) is 5.49. The maximum absolute atomic E-state index is 14.1. The number of nitrogens with zero attached hydrogens (tertiary/aromatic N) is 4. The van der Waals surface area contributed by atoms with Crippen molar-refractivity contribution in [2.45, 2.75) is 32.7 Å². The maximum Gasteiger partial charge on any atom is 0.226 e. The molecular weight excluding hydrogens is 517 g/mol. The predicted molar refractivity (Wildman–Crippen MR) is 152 cm³/mol. The van der Waals surface area contributed by atoms with Crippen molar-refractivity contribution in [3.8, 4) is 11.5 Å². The molecule has 0 saturated carbocycles. The van der Waals surface area contributed by atoms with Crippen molar-refractivity contribution in [3.63, 3.8) is 0 Å². The van der Waals surface area contributed by atoms with E-state index in [0.29, 0.717) is 29.7 Å². The molecule has 1 atom stereocenters. The van der Waals surface area contributed by atoms with Crippen LogP contribution in [0.3, 0.4) is 0 Å². The van der Waals surface area contributed by atoms with Gasteiger partial charge in [0, 0.05) is 56.4 Å². The quantitative estimate of drug-likeness (QED) is 0.377. The molecule has 2 aromatic carbocycles. The van der Waals surface area contributed by atoms with Crippen LogP contribution in [-0.2, 0) is 11.3 Å². The Morgan fingerprint density at radius 2 is 1.85 bits per heavy atom. The molecule has 1 N–H and O–H groups in total. The van der Waals surface area contributed by atoms with Crippen LogP contribution in [0.2, 0.25) is 5.02 Å². The van der Waals surface area contributed by atoms with Crippen LogP contribution in [0.5, 0.6) is 0 Å². The molecule has 0 radical (unpaired) electrons. The number of hydrogen-bond acceptors (Lipinski definition) is 6. The van der Waals surface area contributed by atoms with Crippen LogP contribution < -0.4 is 10.2 Å². The van der Waals surface area contributed by atoms with E-state index in [9.17, 15) is 9.18 Å². The van der Waals surface area contributed by atoms with Gasteiger partial charge in [-0.25, -0.2) is 9.37 Å². The Kier molecular flexibility index (Phi) is 9.17. The number of halogens is 2. The lowest BCUT2D eigenvalue weighted by Gasteiger charge is -2.36. The van der Waals surface area contributed by atoms with E-state index in [1.165, 1.54) is 6.07 Å². The third-order valence-corrected chi connectivity index (χ3v) is 8.00. The third kappa shape index (κ3) is 7.18. The number of piperazine rings is 1. The van der Waals surface area contributed by atoms with E-state index in [1.54, 1.807) is 6.07 Å². The van der Waals surface area contributed by atoms with E-state index in [4.69, 9.17) is 21.0 Å². The molecule has 1 aromatic heterocycles. The molecule has 3 aromatic rings. The summed E-state index contributed by atoms with van der Waals surface area (Å²) in [5.74, 6) is 1.38. The summed E-state index contributed by atoms with van der Waals surface area (Å²) in [6.45, 7) is 9.34. The minimum Gasteiger partial charge on any atom is -0.441 e. The number of aryl methyl sites for hydroxylation is 1. The second-order valence-electron chi connectivity index (χ2n) is 10.5. The second kappa shape index (κ2) is 12.9. The number of anilines is 1. The van der Waals surface area contributed by atoms with Gasteiger partial charge in [-0.2, -0.15) is 0 Å².